The summed E-state index contributed by atoms with van der Waals surface area (Å²) in [5, 5.41) is 6.83. The second-order valence-electron chi connectivity index (χ2n) is 8.47. The van der Waals surface area contributed by atoms with Gasteiger partial charge in [0.2, 0.25) is 0 Å². The third kappa shape index (κ3) is 4.67. The van der Waals surface area contributed by atoms with Gasteiger partial charge in [-0.05, 0) is 18.2 Å². The molecule has 0 aliphatic carbocycles. The Morgan fingerprint density at radius 2 is 2.17 bits per heavy atom. The molecule has 1 aromatic carbocycles. The van der Waals surface area contributed by atoms with Crippen molar-refractivity contribution in [3.8, 4) is 22.8 Å². The number of benzene rings is 1. The number of fused-ring (bicyclic) bond motifs is 1. The predicted octanol–water partition coefficient (Wildman–Crippen LogP) is 4.12. The van der Waals surface area contributed by atoms with E-state index in [1.54, 1.807) is 25.6 Å². The molecular formula is C25H27ClN4O5. The lowest BCUT2D eigenvalue weighted by Crippen LogP contribution is -2.33. The van der Waals surface area contributed by atoms with Crippen LogP contribution in [0, 0.1) is 0 Å². The summed E-state index contributed by atoms with van der Waals surface area (Å²) >= 11 is 6.36. The Kier molecular flexibility index (Phi) is 6.81. The van der Waals surface area contributed by atoms with Crippen molar-refractivity contribution < 1.29 is 23.7 Å². The van der Waals surface area contributed by atoms with Gasteiger partial charge in [-0.2, -0.15) is 0 Å². The minimum Gasteiger partial charge on any atom is -0.493 e. The van der Waals surface area contributed by atoms with Crippen LogP contribution in [0.2, 0.25) is 5.02 Å². The van der Waals surface area contributed by atoms with E-state index in [4.69, 9.17) is 30.5 Å². The van der Waals surface area contributed by atoms with Crippen LogP contribution in [0.1, 0.15) is 28.9 Å². The second kappa shape index (κ2) is 10.2. The number of anilines is 2. The summed E-state index contributed by atoms with van der Waals surface area (Å²) in [6.45, 7) is 4.54. The average Bonchev–Trinajstić information content (AvgIpc) is 3.26. The molecular weight excluding hydrogens is 472 g/mol. The zero-order chi connectivity index (χ0) is 24.4. The molecule has 0 spiro atoms. The van der Waals surface area contributed by atoms with Crippen molar-refractivity contribution in [1.82, 2.24) is 15.3 Å². The number of ether oxygens (including phenoxy) is 4. The highest BCUT2D eigenvalue weighted by molar-refractivity contribution is 6.32. The fourth-order valence-corrected chi connectivity index (χ4v) is 4.61. The van der Waals surface area contributed by atoms with Gasteiger partial charge < -0.3 is 34.6 Å². The number of nitrogens with one attached hydrogen (secondary N) is 3. The second-order valence-corrected chi connectivity index (χ2v) is 8.88. The third-order valence-corrected chi connectivity index (χ3v) is 6.41. The van der Waals surface area contributed by atoms with Crippen LogP contribution in [0.15, 0.2) is 36.7 Å². The number of H-pyrrole nitrogens is 1. The van der Waals surface area contributed by atoms with Crippen molar-refractivity contribution in [2.45, 2.75) is 18.9 Å². The van der Waals surface area contributed by atoms with Crippen LogP contribution in [0.4, 0.5) is 11.4 Å². The number of amides is 1. The quantitative estimate of drug-likeness (QED) is 0.449. The maximum atomic E-state index is 13.0. The number of hydrogen-bond acceptors (Lipinski definition) is 7. The molecule has 1 amide bonds. The van der Waals surface area contributed by atoms with Gasteiger partial charge in [0.25, 0.3) is 5.91 Å². The maximum Gasteiger partial charge on any atom is 0.255 e. The fourth-order valence-electron chi connectivity index (χ4n) is 4.35. The van der Waals surface area contributed by atoms with E-state index in [0.29, 0.717) is 72.1 Å². The lowest BCUT2D eigenvalue weighted by molar-refractivity contribution is -0.101. The Morgan fingerprint density at radius 1 is 1.29 bits per heavy atom. The number of carbonyl (C=O) groups is 1. The van der Waals surface area contributed by atoms with Crippen LogP contribution in [0.3, 0.4) is 0 Å². The first-order chi connectivity index (χ1) is 17.1. The standard InChI is InChI=1S/C25H27ClN4O5/c1-14-10-28-25(31)20-21(14)30-22(23(20)29-18-5-3-4-17(26)24(18)32-2)16-6-7-27-11-19(16)35-13-15-12-33-8-9-34-15/h3-7,11,14-15,29-30H,8-10,12-13H2,1-2H3,(H,28,31)/t14-,15+/m0/s1. The Morgan fingerprint density at radius 3 is 2.97 bits per heavy atom. The van der Waals surface area contributed by atoms with Gasteiger partial charge in [0.05, 0.1) is 60.8 Å². The van der Waals surface area contributed by atoms with Crippen molar-refractivity contribution in [2.24, 2.45) is 0 Å². The van der Waals surface area contributed by atoms with Crippen LogP contribution in [0.25, 0.3) is 11.3 Å². The number of aromatic nitrogens is 2. The van der Waals surface area contributed by atoms with E-state index in [1.165, 1.54) is 0 Å². The minimum absolute atomic E-state index is 0.0947. The predicted molar refractivity (Wildman–Crippen MR) is 132 cm³/mol. The van der Waals surface area contributed by atoms with Crippen LogP contribution in [0.5, 0.6) is 11.5 Å². The monoisotopic (exact) mass is 498 g/mol. The lowest BCUT2D eigenvalue weighted by Gasteiger charge is -2.23. The van der Waals surface area contributed by atoms with E-state index in [2.05, 4.69) is 27.5 Å². The first-order valence-electron chi connectivity index (χ1n) is 11.5. The Hall–Kier alpha value is -3.27. The zero-order valence-electron chi connectivity index (χ0n) is 19.5. The van der Waals surface area contributed by atoms with Crippen LogP contribution < -0.4 is 20.1 Å². The first-order valence-corrected chi connectivity index (χ1v) is 11.8. The maximum absolute atomic E-state index is 13.0. The van der Waals surface area contributed by atoms with Gasteiger partial charge >= 0.3 is 0 Å². The molecule has 3 N–H and O–H groups in total. The highest BCUT2D eigenvalue weighted by atomic mass is 35.5. The summed E-state index contributed by atoms with van der Waals surface area (Å²) in [4.78, 5) is 20.8. The molecule has 2 aromatic heterocycles. The highest BCUT2D eigenvalue weighted by Gasteiger charge is 2.32. The molecule has 184 valence electrons. The van der Waals surface area contributed by atoms with E-state index in [-0.39, 0.29) is 17.9 Å². The average molecular weight is 499 g/mol. The zero-order valence-corrected chi connectivity index (χ0v) is 20.3. The summed E-state index contributed by atoms with van der Waals surface area (Å²) in [6.07, 6.45) is 3.19. The molecule has 2 atom stereocenters. The number of methoxy groups -OCH3 is 1. The van der Waals surface area contributed by atoms with Crippen LogP contribution >= 0.6 is 11.6 Å². The van der Waals surface area contributed by atoms with E-state index in [9.17, 15) is 4.79 Å². The number of hydrogen-bond donors (Lipinski definition) is 3. The number of para-hydroxylation sites is 1. The number of nitrogens with zero attached hydrogens (tertiary/aromatic N) is 1. The van der Waals surface area contributed by atoms with Crippen molar-refractivity contribution in [1.29, 1.82) is 0 Å². The third-order valence-electron chi connectivity index (χ3n) is 6.11. The molecule has 1 fully saturated rings. The van der Waals surface area contributed by atoms with E-state index >= 15 is 0 Å². The first kappa shape index (κ1) is 23.5. The van der Waals surface area contributed by atoms with Crippen molar-refractivity contribution >= 4 is 28.9 Å². The molecule has 2 aliphatic rings. The Balaban J connectivity index is 1.58. The van der Waals surface area contributed by atoms with Crippen molar-refractivity contribution in [2.75, 3.05) is 45.4 Å². The fraction of sp³-hybridized carbons (Fsp3) is 0.360. The van der Waals surface area contributed by atoms with Crippen LogP contribution in [-0.2, 0) is 9.47 Å². The van der Waals surface area contributed by atoms with Gasteiger partial charge in [-0.3, -0.25) is 9.78 Å². The normalized spacial score (nSPS) is 19.6. The minimum atomic E-state index is -0.159. The lowest BCUT2D eigenvalue weighted by atomic mass is 9.98. The van der Waals surface area contributed by atoms with Crippen LogP contribution in [-0.4, -0.2) is 62.1 Å². The number of pyridine rings is 1. The van der Waals surface area contributed by atoms with E-state index in [0.717, 1.165) is 11.3 Å². The summed E-state index contributed by atoms with van der Waals surface area (Å²) < 4.78 is 22.8. The molecule has 35 heavy (non-hydrogen) atoms. The summed E-state index contributed by atoms with van der Waals surface area (Å²) in [5.74, 6) is 0.986. The van der Waals surface area contributed by atoms with Gasteiger partial charge in [-0.25, -0.2) is 0 Å². The van der Waals surface area contributed by atoms with E-state index < -0.39 is 0 Å². The van der Waals surface area contributed by atoms with Gasteiger partial charge in [-0.15, -0.1) is 0 Å². The molecule has 2 aliphatic heterocycles. The molecule has 4 heterocycles. The molecule has 0 bridgehead atoms. The molecule has 0 unspecified atom stereocenters. The molecule has 1 saturated heterocycles. The van der Waals surface area contributed by atoms with Crippen molar-refractivity contribution in [3.05, 3.63) is 52.9 Å². The molecule has 5 rings (SSSR count). The molecule has 0 radical (unpaired) electrons. The smallest absolute Gasteiger partial charge is 0.255 e. The molecule has 3 aromatic rings. The largest absolute Gasteiger partial charge is 0.493 e. The Labute approximate surface area is 208 Å². The summed E-state index contributed by atoms with van der Waals surface area (Å²) in [6, 6.07) is 7.28. The number of aromatic amines is 1. The molecule has 10 heteroatoms. The molecule has 0 saturated carbocycles. The van der Waals surface area contributed by atoms with Gasteiger partial charge in [0.15, 0.2) is 5.75 Å². The Bertz CT molecular complexity index is 1220. The topological polar surface area (TPSA) is 107 Å². The van der Waals surface area contributed by atoms with E-state index in [1.807, 2.05) is 18.2 Å². The van der Waals surface area contributed by atoms with Gasteiger partial charge in [0, 0.05) is 29.9 Å². The van der Waals surface area contributed by atoms with Crippen molar-refractivity contribution in [3.63, 3.8) is 0 Å². The molecule has 9 nitrogen and oxygen atoms in total. The van der Waals surface area contributed by atoms with Gasteiger partial charge in [-0.1, -0.05) is 24.6 Å². The SMILES string of the molecule is COc1c(Cl)cccc1Nc1c(-c2ccncc2OC[C@H]2COCCO2)[nH]c2c1C(=O)NC[C@@H]2C. The number of carbonyl (C=O) groups excluding carboxylic acids is 1. The summed E-state index contributed by atoms with van der Waals surface area (Å²) in [7, 11) is 1.56. The highest BCUT2D eigenvalue weighted by Crippen LogP contribution is 2.44. The van der Waals surface area contributed by atoms with Gasteiger partial charge in [0.1, 0.15) is 18.5 Å². The number of halogens is 1. The number of rotatable bonds is 7. The summed E-state index contributed by atoms with van der Waals surface area (Å²) in [5.41, 5.74) is 4.11.